The van der Waals surface area contributed by atoms with E-state index in [9.17, 15) is 4.79 Å². The zero-order valence-electron chi connectivity index (χ0n) is 18.9. The number of carbonyl (C=O) groups excluding carboxylic acids is 1. The number of fused-ring (bicyclic) bond motifs is 1. The summed E-state index contributed by atoms with van der Waals surface area (Å²) >= 11 is 1.58. The molecule has 5 rings (SSSR count). The molecular formula is C23H24N8O2S. The van der Waals surface area contributed by atoms with Crippen LogP contribution < -0.4 is 16.0 Å². The molecule has 1 aliphatic rings. The first-order valence-electron chi connectivity index (χ1n) is 10.9. The van der Waals surface area contributed by atoms with E-state index in [0.717, 1.165) is 34.0 Å². The van der Waals surface area contributed by atoms with Crippen LogP contribution in [0.3, 0.4) is 0 Å². The van der Waals surface area contributed by atoms with Crippen molar-refractivity contribution >= 4 is 39.2 Å². The Kier molecular flexibility index (Phi) is 5.80. The van der Waals surface area contributed by atoms with Crippen LogP contribution in [0.25, 0.3) is 21.6 Å². The van der Waals surface area contributed by atoms with Crippen LogP contribution in [0.2, 0.25) is 0 Å². The summed E-state index contributed by atoms with van der Waals surface area (Å²) in [6.07, 6.45) is 6.44. The van der Waals surface area contributed by atoms with Crippen LogP contribution in [0.4, 0.5) is 11.8 Å². The van der Waals surface area contributed by atoms with Crippen LogP contribution in [0, 0.1) is 0 Å². The number of amides is 1. The molecule has 0 aliphatic carbocycles. The molecule has 0 radical (unpaired) electrons. The standard InChI is InChI=1S/C23H24N8O2S/c1-23(2,30-21(32)14-4-3-5-25-11-14)17-10-16-18(34-17)20(31-6-8-33-9-7-31)29-19(28-16)15-12-26-22(24)27-13-15/h3-5,10-13H,6-9H2,1-2H3,(H,30,32)(H2,24,26,27). The van der Waals surface area contributed by atoms with Gasteiger partial charge in [0, 0.05) is 42.8 Å². The maximum absolute atomic E-state index is 12.8. The summed E-state index contributed by atoms with van der Waals surface area (Å²) in [5.74, 6) is 1.37. The summed E-state index contributed by atoms with van der Waals surface area (Å²) in [5.41, 5.74) is 7.01. The first-order valence-corrected chi connectivity index (χ1v) is 11.7. The van der Waals surface area contributed by atoms with Gasteiger partial charge in [0.2, 0.25) is 5.95 Å². The lowest BCUT2D eigenvalue weighted by Gasteiger charge is -2.28. The average molecular weight is 477 g/mol. The molecule has 1 amide bonds. The van der Waals surface area contributed by atoms with Gasteiger partial charge in [-0.15, -0.1) is 11.3 Å². The minimum absolute atomic E-state index is 0.185. The number of nitrogens with one attached hydrogen (secondary N) is 1. The van der Waals surface area contributed by atoms with Crippen LogP contribution in [0.5, 0.6) is 0 Å². The lowest BCUT2D eigenvalue weighted by molar-refractivity contribution is 0.0913. The van der Waals surface area contributed by atoms with Crippen LogP contribution in [-0.4, -0.2) is 57.1 Å². The number of thiophene rings is 1. The summed E-state index contributed by atoms with van der Waals surface area (Å²) in [6, 6.07) is 5.50. The van der Waals surface area contributed by atoms with E-state index in [0.29, 0.717) is 30.2 Å². The minimum atomic E-state index is -0.634. The summed E-state index contributed by atoms with van der Waals surface area (Å²) in [5, 5.41) is 3.12. The second kappa shape index (κ2) is 8.92. The maximum atomic E-state index is 12.8. The van der Waals surface area contributed by atoms with Gasteiger partial charge in [-0.1, -0.05) is 0 Å². The number of ether oxygens (including phenoxy) is 1. The van der Waals surface area contributed by atoms with Gasteiger partial charge in [-0.25, -0.2) is 19.9 Å². The Bertz CT molecular complexity index is 1320. The zero-order valence-corrected chi connectivity index (χ0v) is 19.7. The molecular weight excluding hydrogens is 452 g/mol. The number of hydrogen-bond acceptors (Lipinski definition) is 10. The number of nitrogen functional groups attached to an aromatic ring is 1. The highest BCUT2D eigenvalue weighted by Gasteiger charge is 2.28. The number of pyridine rings is 1. The molecule has 1 aliphatic heterocycles. The van der Waals surface area contributed by atoms with Crippen molar-refractivity contribution in [1.82, 2.24) is 30.2 Å². The van der Waals surface area contributed by atoms with Gasteiger partial charge in [-0.3, -0.25) is 9.78 Å². The van der Waals surface area contributed by atoms with Gasteiger partial charge in [-0.2, -0.15) is 0 Å². The summed E-state index contributed by atoms with van der Waals surface area (Å²) in [7, 11) is 0. The molecule has 174 valence electrons. The van der Waals surface area contributed by atoms with Crippen molar-refractivity contribution < 1.29 is 9.53 Å². The Morgan fingerprint density at radius 2 is 1.94 bits per heavy atom. The van der Waals surface area contributed by atoms with E-state index in [1.165, 1.54) is 0 Å². The Balaban J connectivity index is 1.56. The molecule has 4 aromatic rings. The van der Waals surface area contributed by atoms with Gasteiger partial charge in [0.15, 0.2) is 11.6 Å². The molecule has 4 aromatic heterocycles. The van der Waals surface area contributed by atoms with Gasteiger partial charge in [0.05, 0.1) is 40.1 Å². The molecule has 0 bridgehead atoms. The van der Waals surface area contributed by atoms with Crippen molar-refractivity contribution in [2.75, 3.05) is 36.9 Å². The summed E-state index contributed by atoms with van der Waals surface area (Å²) in [4.78, 5) is 37.9. The highest BCUT2D eigenvalue weighted by molar-refractivity contribution is 7.19. The van der Waals surface area contributed by atoms with E-state index in [2.05, 4.69) is 25.2 Å². The van der Waals surface area contributed by atoms with Crippen LogP contribution in [0.1, 0.15) is 29.1 Å². The summed E-state index contributed by atoms with van der Waals surface area (Å²) in [6.45, 7) is 6.69. The highest BCUT2D eigenvalue weighted by Crippen LogP contribution is 2.38. The molecule has 34 heavy (non-hydrogen) atoms. The van der Waals surface area contributed by atoms with E-state index in [1.807, 2.05) is 19.9 Å². The van der Waals surface area contributed by atoms with Gasteiger partial charge < -0.3 is 20.7 Å². The first kappa shape index (κ1) is 22.1. The molecule has 0 atom stereocenters. The van der Waals surface area contributed by atoms with Gasteiger partial charge >= 0.3 is 0 Å². The van der Waals surface area contributed by atoms with Crippen LogP contribution in [0.15, 0.2) is 43.0 Å². The van der Waals surface area contributed by atoms with Crippen molar-refractivity contribution in [3.8, 4) is 11.4 Å². The van der Waals surface area contributed by atoms with Crippen molar-refractivity contribution in [2.45, 2.75) is 19.4 Å². The van der Waals surface area contributed by atoms with Crippen molar-refractivity contribution in [3.63, 3.8) is 0 Å². The Morgan fingerprint density at radius 3 is 2.65 bits per heavy atom. The number of rotatable bonds is 5. The normalized spacial score (nSPS) is 14.4. The second-order valence-corrected chi connectivity index (χ2v) is 9.50. The first-order chi connectivity index (χ1) is 16.4. The van der Waals surface area contributed by atoms with Gasteiger partial charge in [-0.05, 0) is 32.0 Å². The number of aromatic nitrogens is 5. The molecule has 11 heteroatoms. The third-order valence-corrected chi connectivity index (χ3v) is 7.00. The second-order valence-electron chi connectivity index (χ2n) is 8.45. The van der Waals surface area contributed by atoms with E-state index < -0.39 is 5.54 Å². The quantitative estimate of drug-likeness (QED) is 0.446. The number of nitrogens with two attached hydrogens (primary N) is 1. The fraction of sp³-hybridized carbons (Fsp3) is 0.304. The lowest BCUT2D eigenvalue weighted by Crippen LogP contribution is -2.40. The molecule has 0 spiro atoms. The van der Waals surface area contributed by atoms with Crippen molar-refractivity contribution in [2.24, 2.45) is 0 Å². The zero-order chi connectivity index (χ0) is 23.7. The van der Waals surface area contributed by atoms with E-state index in [4.69, 9.17) is 20.4 Å². The maximum Gasteiger partial charge on any atom is 0.253 e. The SMILES string of the molecule is CC(C)(NC(=O)c1cccnc1)c1cc2nc(-c3cnc(N)nc3)nc(N3CCOCC3)c2s1. The Hall–Kier alpha value is -3.70. The monoisotopic (exact) mass is 476 g/mol. The third-order valence-electron chi connectivity index (χ3n) is 5.56. The van der Waals surface area contributed by atoms with E-state index in [-0.39, 0.29) is 11.9 Å². The molecule has 1 fully saturated rings. The topological polar surface area (TPSA) is 132 Å². The van der Waals surface area contributed by atoms with Gasteiger partial charge in [0.1, 0.15) is 0 Å². The third kappa shape index (κ3) is 4.39. The average Bonchev–Trinajstić information content (AvgIpc) is 3.30. The number of anilines is 2. The Morgan fingerprint density at radius 1 is 1.18 bits per heavy atom. The van der Waals surface area contributed by atoms with E-state index in [1.54, 1.807) is 48.3 Å². The molecule has 3 N–H and O–H groups in total. The van der Waals surface area contributed by atoms with Crippen molar-refractivity contribution in [1.29, 1.82) is 0 Å². The predicted octanol–water partition coefficient (Wildman–Crippen LogP) is 2.63. The van der Waals surface area contributed by atoms with Crippen molar-refractivity contribution in [3.05, 3.63) is 53.4 Å². The number of carbonyl (C=O) groups is 1. The smallest absolute Gasteiger partial charge is 0.253 e. The molecule has 1 saturated heterocycles. The molecule has 0 unspecified atom stereocenters. The van der Waals surface area contributed by atoms with Crippen LogP contribution in [-0.2, 0) is 10.3 Å². The fourth-order valence-electron chi connectivity index (χ4n) is 3.71. The number of hydrogen-bond donors (Lipinski definition) is 2. The minimum Gasteiger partial charge on any atom is -0.378 e. The van der Waals surface area contributed by atoms with Gasteiger partial charge in [0.25, 0.3) is 5.91 Å². The van der Waals surface area contributed by atoms with Crippen LogP contribution >= 0.6 is 11.3 Å². The molecule has 0 aromatic carbocycles. The fourth-order valence-corrected chi connectivity index (χ4v) is 4.88. The highest BCUT2D eigenvalue weighted by atomic mass is 32.1. The summed E-state index contributed by atoms with van der Waals surface area (Å²) < 4.78 is 6.50. The predicted molar refractivity (Wildman–Crippen MR) is 131 cm³/mol. The largest absolute Gasteiger partial charge is 0.378 e. The number of morpholine rings is 1. The lowest BCUT2D eigenvalue weighted by atomic mass is 10.0. The molecule has 0 saturated carbocycles. The Labute approximate surface area is 200 Å². The number of nitrogens with zero attached hydrogens (tertiary/aromatic N) is 6. The molecule has 5 heterocycles. The van der Waals surface area contributed by atoms with E-state index >= 15 is 0 Å². The molecule has 10 nitrogen and oxygen atoms in total.